The van der Waals surface area contributed by atoms with Gasteiger partial charge in [-0.25, -0.2) is 0 Å². The van der Waals surface area contributed by atoms with Gasteiger partial charge in [-0.3, -0.25) is 9.58 Å². The van der Waals surface area contributed by atoms with Crippen molar-refractivity contribution < 1.29 is 0 Å². The summed E-state index contributed by atoms with van der Waals surface area (Å²) < 4.78 is 1.85. The molecule has 0 bridgehead atoms. The van der Waals surface area contributed by atoms with Gasteiger partial charge in [0.2, 0.25) is 0 Å². The minimum Gasteiger partial charge on any atom is -0.310 e. The molecular weight excluding hydrogens is 200 g/mol. The second-order valence-corrected chi connectivity index (χ2v) is 4.70. The standard InChI is InChI=1S/C12H22N4/c1-11(16-6-3-4-7-16)9-13-10-12-5-8-15(2)14-12/h5,8,11,13H,3-4,6-7,9-10H2,1-2H3. The molecule has 1 aliphatic heterocycles. The Bertz CT molecular complexity index is 315. The Morgan fingerprint density at radius 3 is 2.81 bits per heavy atom. The van der Waals surface area contributed by atoms with Crippen LogP contribution in [0.15, 0.2) is 12.3 Å². The summed E-state index contributed by atoms with van der Waals surface area (Å²) >= 11 is 0. The summed E-state index contributed by atoms with van der Waals surface area (Å²) in [6.07, 6.45) is 4.72. The number of aromatic nitrogens is 2. The highest BCUT2D eigenvalue weighted by atomic mass is 15.3. The van der Waals surface area contributed by atoms with Crippen molar-refractivity contribution in [3.8, 4) is 0 Å². The van der Waals surface area contributed by atoms with Crippen LogP contribution < -0.4 is 5.32 Å². The van der Waals surface area contributed by atoms with E-state index in [0.29, 0.717) is 6.04 Å². The molecule has 1 aliphatic rings. The Labute approximate surface area is 97.6 Å². The van der Waals surface area contributed by atoms with Gasteiger partial charge in [-0.1, -0.05) is 0 Å². The maximum Gasteiger partial charge on any atom is 0.0762 e. The van der Waals surface area contributed by atoms with Crippen molar-refractivity contribution in [3.63, 3.8) is 0 Å². The zero-order valence-electron chi connectivity index (χ0n) is 10.3. The van der Waals surface area contributed by atoms with Crippen molar-refractivity contribution in [1.29, 1.82) is 0 Å². The normalized spacial score (nSPS) is 19.1. The van der Waals surface area contributed by atoms with Crippen LogP contribution in [0, 0.1) is 0 Å². The first-order valence-electron chi connectivity index (χ1n) is 6.19. The first-order valence-corrected chi connectivity index (χ1v) is 6.19. The number of hydrogen-bond acceptors (Lipinski definition) is 3. The molecule has 1 unspecified atom stereocenters. The Morgan fingerprint density at radius 1 is 1.44 bits per heavy atom. The zero-order valence-corrected chi connectivity index (χ0v) is 10.3. The molecule has 1 saturated heterocycles. The maximum absolute atomic E-state index is 4.35. The van der Waals surface area contributed by atoms with Gasteiger partial charge in [-0.15, -0.1) is 0 Å². The molecule has 0 saturated carbocycles. The SMILES string of the molecule is CC(CNCc1ccn(C)n1)N1CCCC1. The van der Waals surface area contributed by atoms with Crippen LogP contribution in [0.2, 0.25) is 0 Å². The fraction of sp³-hybridized carbons (Fsp3) is 0.750. The summed E-state index contributed by atoms with van der Waals surface area (Å²) in [6, 6.07) is 2.71. The molecule has 0 radical (unpaired) electrons. The van der Waals surface area contributed by atoms with Gasteiger partial charge < -0.3 is 5.32 Å². The molecule has 90 valence electrons. The van der Waals surface area contributed by atoms with E-state index in [4.69, 9.17) is 0 Å². The first kappa shape index (κ1) is 11.6. The van der Waals surface area contributed by atoms with E-state index in [-0.39, 0.29) is 0 Å². The molecule has 1 aromatic heterocycles. The molecule has 1 atom stereocenters. The fourth-order valence-electron chi connectivity index (χ4n) is 2.28. The third-order valence-electron chi connectivity index (χ3n) is 3.28. The highest BCUT2D eigenvalue weighted by molar-refractivity contribution is 4.97. The van der Waals surface area contributed by atoms with Crippen LogP contribution in [0.25, 0.3) is 0 Å². The van der Waals surface area contributed by atoms with E-state index >= 15 is 0 Å². The van der Waals surface area contributed by atoms with Crippen molar-refractivity contribution in [3.05, 3.63) is 18.0 Å². The summed E-state index contributed by atoms with van der Waals surface area (Å²) in [7, 11) is 1.95. The number of nitrogens with zero attached hydrogens (tertiary/aromatic N) is 3. The van der Waals surface area contributed by atoms with E-state index in [1.165, 1.54) is 25.9 Å². The maximum atomic E-state index is 4.35. The summed E-state index contributed by atoms with van der Waals surface area (Å²) in [4.78, 5) is 2.56. The molecule has 0 aromatic carbocycles. The second-order valence-electron chi connectivity index (χ2n) is 4.70. The van der Waals surface area contributed by atoms with Crippen LogP contribution in [0.1, 0.15) is 25.5 Å². The summed E-state index contributed by atoms with van der Waals surface area (Å²) in [5.41, 5.74) is 1.12. The highest BCUT2D eigenvalue weighted by Gasteiger charge is 2.17. The molecule has 0 amide bonds. The predicted molar refractivity (Wildman–Crippen MR) is 65.2 cm³/mol. The molecule has 1 aromatic rings. The minimum atomic E-state index is 0.645. The van der Waals surface area contributed by atoms with Gasteiger partial charge >= 0.3 is 0 Å². The average molecular weight is 222 g/mol. The summed E-state index contributed by atoms with van der Waals surface area (Å²) in [6.45, 7) is 6.77. The molecule has 2 rings (SSSR count). The van der Waals surface area contributed by atoms with Gasteiger partial charge in [-0.2, -0.15) is 5.10 Å². The van der Waals surface area contributed by atoms with Crippen molar-refractivity contribution in [2.24, 2.45) is 7.05 Å². The van der Waals surface area contributed by atoms with Gasteiger partial charge in [0.05, 0.1) is 5.69 Å². The molecule has 1 fully saturated rings. The Morgan fingerprint density at radius 2 is 2.19 bits per heavy atom. The fourth-order valence-corrected chi connectivity index (χ4v) is 2.28. The van der Waals surface area contributed by atoms with E-state index in [1.807, 2.05) is 17.9 Å². The lowest BCUT2D eigenvalue weighted by Gasteiger charge is -2.23. The highest BCUT2D eigenvalue weighted by Crippen LogP contribution is 2.10. The minimum absolute atomic E-state index is 0.645. The lowest BCUT2D eigenvalue weighted by atomic mass is 10.3. The van der Waals surface area contributed by atoms with Crippen molar-refractivity contribution in [2.45, 2.75) is 32.4 Å². The van der Waals surface area contributed by atoms with Crippen LogP contribution in [0.3, 0.4) is 0 Å². The van der Waals surface area contributed by atoms with E-state index < -0.39 is 0 Å². The quantitative estimate of drug-likeness (QED) is 0.806. The van der Waals surface area contributed by atoms with Crippen molar-refractivity contribution in [1.82, 2.24) is 20.0 Å². The third-order valence-corrected chi connectivity index (χ3v) is 3.28. The molecule has 4 heteroatoms. The third kappa shape index (κ3) is 3.06. The van der Waals surface area contributed by atoms with E-state index in [0.717, 1.165) is 18.8 Å². The number of aryl methyl sites for hydroxylation is 1. The van der Waals surface area contributed by atoms with Crippen LogP contribution in [-0.2, 0) is 13.6 Å². The lowest BCUT2D eigenvalue weighted by Crippen LogP contribution is -2.38. The molecule has 16 heavy (non-hydrogen) atoms. The number of nitrogens with one attached hydrogen (secondary N) is 1. The molecule has 0 spiro atoms. The first-order chi connectivity index (χ1) is 7.75. The van der Waals surface area contributed by atoms with E-state index in [9.17, 15) is 0 Å². The summed E-state index contributed by atoms with van der Waals surface area (Å²) in [5.74, 6) is 0. The van der Waals surface area contributed by atoms with Gasteiger partial charge in [0.1, 0.15) is 0 Å². The molecule has 1 N–H and O–H groups in total. The topological polar surface area (TPSA) is 33.1 Å². The van der Waals surface area contributed by atoms with Crippen molar-refractivity contribution in [2.75, 3.05) is 19.6 Å². The van der Waals surface area contributed by atoms with Crippen LogP contribution >= 0.6 is 0 Å². The summed E-state index contributed by atoms with van der Waals surface area (Å²) in [5, 5.41) is 7.82. The molecule has 0 aliphatic carbocycles. The van der Waals surface area contributed by atoms with Crippen LogP contribution in [0.5, 0.6) is 0 Å². The van der Waals surface area contributed by atoms with Gasteiger partial charge in [0.15, 0.2) is 0 Å². The van der Waals surface area contributed by atoms with Crippen molar-refractivity contribution >= 4 is 0 Å². The lowest BCUT2D eigenvalue weighted by molar-refractivity contribution is 0.251. The zero-order chi connectivity index (χ0) is 11.4. The van der Waals surface area contributed by atoms with Gasteiger partial charge in [-0.05, 0) is 38.9 Å². The van der Waals surface area contributed by atoms with Gasteiger partial charge in [0, 0.05) is 32.4 Å². The smallest absolute Gasteiger partial charge is 0.0762 e. The molecule has 2 heterocycles. The Kier molecular flexibility index (Phi) is 3.96. The van der Waals surface area contributed by atoms with E-state index in [1.54, 1.807) is 0 Å². The number of rotatable bonds is 5. The monoisotopic (exact) mass is 222 g/mol. The molecule has 4 nitrogen and oxygen atoms in total. The number of hydrogen-bond donors (Lipinski definition) is 1. The van der Waals surface area contributed by atoms with Crippen LogP contribution in [-0.4, -0.2) is 40.4 Å². The number of likely N-dealkylation sites (tertiary alicyclic amines) is 1. The molecular formula is C12H22N4. The van der Waals surface area contributed by atoms with Crippen LogP contribution in [0.4, 0.5) is 0 Å². The second kappa shape index (κ2) is 5.46. The largest absolute Gasteiger partial charge is 0.310 e. The Hall–Kier alpha value is -0.870. The average Bonchev–Trinajstić information content (AvgIpc) is 2.89. The Balaban J connectivity index is 1.67. The predicted octanol–water partition coefficient (Wildman–Crippen LogP) is 0.994. The van der Waals surface area contributed by atoms with E-state index in [2.05, 4.69) is 28.3 Å². The van der Waals surface area contributed by atoms with Gasteiger partial charge in [0.25, 0.3) is 0 Å².